The number of aliphatic hydroxyl groups excluding tert-OH is 1. The fraction of sp³-hybridized carbons (Fsp3) is 0.542. The number of piperidine rings is 2. The van der Waals surface area contributed by atoms with Gasteiger partial charge in [0.1, 0.15) is 17.8 Å². The number of likely N-dealkylation sites (tertiary alicyclic amines) is 2. The van der Waals surface area contributed by atoms with E-state index in [0.717, 1.165) is 68.9 Å². The third-order valence-electron chi connectivity index (χ3n) is 6.67. The Morgan fingerprint density at radius 1 is 1.09 bits per heavy atom. The summed E-state index contributed by atoms with van der Waals surface area (Å²) in [6.07, 6.45) is 5.81. The average molecular weight is 458 g/mol. The van der Waals surface area contributed by atoms with Gasteiger partial charge in [-0.25, -0.2) is 9.97 Å². The Labute approximate surface area is 194 Å². The summed E-state index contributed by atoms with van der Waals surface area (Å²) < 4.78 is 0. The zero-order valence-electron chi connectivity index (χ0n) is 18.6. The highest BCUT2D eigenvalue weighted by atomic mass is 35.5. The van der Waals surface area contributed by atoms with E-state index in [0.29, 0.717) is 24.1 Å². The van der Waals surface area contributed by atoms with Crippen LogP contribution in [0.15, 0.2) is 30.6 Å². The van der Waals surface area contributed by atoms with Gasteiger partial charge in [0.15, 0.2) is 0 Å². The lowest BCUT2D eigenvalue weighted by molar-refractivity contribution is 0.0355. The smallest absolute Gasteiger partial charge is 0.272 e. The van der Waals surface area contributed by atoms with E-state index in [1.54, 1.807) is 0 Å². The number of hydrogen-bond donors (Lipinski definition) is 2. The van der Waals surface area contributed by atoms with Crippen LogP contribution in [0.5, 0.6) is 0 Å². The van der Waals surface area contributed by atoms with Gasteiger partial charge in [-0.05, 0) is 56.7 Å². The Bertz CT molecular complexity index is 907. The zero-order valence-corrected chi connectivity index (χ0v) is 19.4. The molecule has 2 N–H and O–H groups in total. The minimum Gasteiger partial charge on any atom is -0.393 e. The predicted molar refractivity (Wildman–Crippen MR) is 126 cm³/mol. The molecule has 0 aliphatic carbocycles. The Morgan fingerprint density at radius 2 is 1.78 bits per heavy atom. The van der Waals surface area contributed by atoms with E-state index in [-0.39, 0.29) is 12.0 Å². The van der Waals surface area contributed by atoms with E-state index in [4.69, 9.17) is 11.6 Å². The summed E-state index contributed by atoms with van der Waals surface area (Å²) in [5.41, 5.74) is 2.46. The highest BCUT2D eigenvalue weighted by Gasteiger charge is 2.30. The SMILES string of the molecule is Cc1c(NCCc2ccc(Cl)cc2)ncnc1C(=O)N1CCC(N2CCC(O)CC2)CC1. The molecule has 1 aromatic heterocycles. The first-order chi connectivity index (χ1) is 15.5. The molecule has 2 fully saturated rings. The van der Waals surface area contributed by atoms with Crippen molar-refractivity contribution < 1.29 is 9.90 Å². The highest BCUT2D eigenvalue weighted by Crippen LogP contribution is 2.23. The molecule has 0 saturated carbocycles. The second kappa shape index (κ2) is 10.6. The van der Waals surface area contributed by atoms with E-state index >= 15 is 0 Å². The number of nitrogens with zero attached hydrogens (tertiary/aromatic N) is 4. The molecule has 2 aliphatic heterocycles. The van der Waals surface area contributed by atoms with Gasteiger partial charge < -0.3 is 20.2 Å². The maximum absolute atomic E-state index is 13.2. The molecule has 7 nitrogen and oxygen atoms in total. The highest BCUT2D eigenvalue weighted by molar-refractivity contribution is 6.30. The number of nitrogens with one attached hydrogen (secondary N) is 1. The molecular formula is C24H32ClN5O2. The van der Waals surface area contributed by atoms with Crippen molar-refractivity contribution in [2.45, 2.75) is 51.2 Å². The van der Waals surface area contributed by atoms with Crippen LogP contribution in [-0.2, 0) is 6.42 Å². The summed E-state index contributed by atoms with van der Waals surface area (Å²) in [7, 11) is 0. The van der Waals surface area contributed by atoms with E-state index in [2.05, 4.69) is 20.2 Å². The van der Waals surface area contributed by atoms with Gasteiger partial charge in [0.25, 0.3) is 5.91 Å². The molecule has 0 radical (unpaired) electrons. The first-order valence-corrected chi connectivity index (χ1v) is 11.9. The lowest BCUT2D eigenvalue weighted by Crippen LogP contribution is -2.49. The summed E-state index contributed by atoms with van der Waals surface area (Å²) >= 11 is 5.95. The lowest BCUT2D eigenvalue weighted by Gasteiger charge is -2.41. The molecule has 0 atom stereocenters. The number of anilines is 1. The first kappa shape index (κ1) is 23.0. The van der Waals surface area contributed by atoms with Gasteiger partial charge in [-0.3, -0.25) is 4.79 Å². The van der Waals surface area contributed by atoms with Crippen LogP contribution in [0.2, 0.25) is 5.02 Å². The number of carbonyl (C=O) groups excluding carboxylic acids is 1. The topological polar surface area (TPSA) is 81.6 Å². The summed E-state index contributed by atoms with van der Waals surface area (Å²) in [4.78, 5) is 26.2. The Hall–Kier alpha value is -2.22. The molecule has 0 bridgehead atoms. The van der Waals surface area contributed by atoms with Crippen molar-refractivity contribution in [3.63, 3.8) is 0 Å². The number of rotatable bonds is 6. The fourth-order valence-electron chi connectivity index (χ4n) is 4.66. The molecule has 1 amide bonds. The maximum atomic E-state index is 13.2. The second-order valence-corrected chi connectivity index (χ2v) is 9.23. The Balaban J connectivity index is 1.31. The van der Waals surface area contributed by atoms with Crippen LogP contribution < -0.4 is 5.32 Å². The number of aliphatic hydroxyl groups is 1. The number of aromatic nitrogens is 2. The van der Waals surface area contributed by atoms with Crippen molar-refractivity contribution in [3.8, 4) is 0 Å². The number of benzene rings is 1. The van der Waals surface area contributed by atoms with Crippen molar-refractivity contribution >= 4 is 23.3 Å². The molecule has 0 spiro atoms. The van der Waals surface area contributed by atoms with Gasteiger partial charge in [-0.15, -0.1) is 0 Å². The quantitative estimate of drug-likeness (QED) is 0.693. The van der Waals surface area contributed by atoms with Crippen LogP contribution in [0.3, 0.4) is 0 Å². The van der Waals surface area contributed by atoms with Crippen molar-refractivity contribution in [2.75, 3.05) is 38.0 Å². The molecule has 4 rings (SSSR count). The average Bonchev–Trinajstić information content (AvgIpc) is 2.82. The summed E-state index contributed by atoms with van der Waals surface area (Å²) in [5, 5.41) is 13.8. The predicted octanol–water partition coefficient (Wildman–Crippen LogP) is 3.15. The van der Waals surface area contributed by atoms with E-state index in [9.17, 15) is 9.90 Å². The minimum absolute atomic E-state index is 0.0156. The minimum atomic E-state index is -0.150. The third-order valence-corrected chi connectivity index (χ3v) is 6.93. The molecule has 3 heterocycles. The number of halogens is 1. The van der Waals surface area contributed by atoms with Gasteiger partial charge in [-0.2, -0.15) is 0 Å². The van der Waals surface area contributed by atoms with Crippen molar-refractivity contribution in [1.82, 2.24) is 19.8 Å². The first-order valence-electron chi connectivity index (χ1n) is 11.5. The molecule has 8 heteroatoms. The standard InChI is InChI=1S/C24H32ClN5O2/c1-17-22(27-16-28-23(17)26-11-6-18-2-4-19(25)5-3-18)24(32)30-12-7-20(8-13-30)29-14-9-21(31)10-15-29/h2-5,16,20-21,31H,6-15H2,1H3,(H,26,27,28). The molecule has 2 aliphatic rings. The van der Waals surface area contributed by atoms with Gasteiger partial charge >= 0.3 is 0 Å². The summed E-state index contributed by atoms with van der Waals surface area (Å²) in [6, 6.07) is 8.31. The third kappa shape index (κ3) is 5.57. The fourth-order valence-corrected chi connectivity index (χ4v) is 4.78. The van der Waals surface area contributed by atoms with Crippen molar-refractivity contribution in [3.05, 3.63) is 52.4 Å². The number of hydrogen-bond acceptors (Lipinski definition) is 6. The van der Waals surface area contributed by atoms with Crippen molar-refractivity contribution in [1.29, 1.82) is 0 Å². The largest absolute Gasteiger partial charge is 0.393 e. The molecule has 2 aromatic rings. The normalized spacial score (nSPS) is 18.7. The van der Waals surface area contributed by atoms with E-state index < -0.39 is 0 Å². The lowest BCUT2D eigenvalue weighted by atomic mass is 9.98. The Kier molecular flexibility index (Phi) is 7.60. The van der Waals surface area contributed by atoms with Gasteiger partial charge in [0.2, 0.25) is 0 Å². The monoisotopic (exact) mass is 457 g/mol. The second-order valence-electron chi connectivity index (χ2n) is 8.79. The molecule has 2 saturated heterocycles. The van der Waals surface area contributed by atoms with Crippen LogP contribution in [0.4, 0.5) is 5.82 Å². The summed E-state index contributed by atoms with van der Waals surface area (Å²) in [6.45, 7) is 6.01. The molecule has 1 aromatic carbocycles. The van der Waals surface area contributed by atoms with E-state index in [1.165, 1.54) is 11.9 Å². The Morgan fingerprint density at radius 3 is 2.47 bits per heavy atom. The number of amides is 1. The van der Waals surface area contributed by atoms with Gasteiger partial charge in [-0.1, -0.05) is 23.7 Å². The van der Waals surface area contributed by atoms with Crippen molar-refractivity contribution in [2.24, 2.45) is 0 Å². The molecule has 32 heavy (non-hydrogen) atoms. The van der Waals surface area contributed by atoms with Gasteiger partial charge in [0.05, 0.1) is 6.10 Å². The van der Waals surface area contributed by atoms with E-state index in [1.807, 2.05) is 36.1 Å². The molecule has 172 valence electrons. The van der Waals surface area contributed by atoms with Crippen LogP contribution in [0, 0.1) is 6.92 Å². The molecular weight excluding hydrogens is 426 g/mol. The maximum Gasteiger partial charge on any atom is 0.272 e. The zero-order chi connectivity index (χ0) is 22.5. The number of carbonyl (C=O) groups is 1. The molecule has 0 unspecified atom stereocenters. The van der Waals surface area contributed by atoms with Crippen LogP contribution in [-0.4, -0.2) is 75.7 Å². The van der Waals surface area contributed by atoms with Gasteiger partial charge in [0, 0.05) is 49.4 Å². The van der Waals surface area contributed by atoms with Crippen LogP contribution in [0.25, 0.3) is 0 Å². The van der Waals surface area contributed by atoms with Crippen LogP contribution in [0.1, 0.15) is 47.3 Å². The summed E-state index contributed by atoms with van der Waals surface area (Å²) in [5.74, 6) is 0.692. The van der Waals surface area contributed by atoms with Crippen LogP contribution >= 0.6 is 11.6 Å².